The number of aliphatic hydroxyl groups is 1. The van der Waals surface area contributed by atoms with Crippen LogP contribution >= 0.6 is 0 Å². The second-order valence-electron chi connectivity index (χ2n) is 5.49. The van der Waals surface area contributed by atoms with Crippen LogP contribution in [0.1, 0.15) is 34.8 Å². The maximum Gasteiger partial charge on any atom is 0.335 e. The van der Waals surface area contributed by atoms with Gasteiger partial charge in [-0.3, -0.25) is 0 Å². The number of aromatic carboxylic acids is 1. The van der Waals surface area contributed by atoms with Gasteiger partial charge in [-0.15, -0.1) is 0 Å². The van der Waals surface area contributed by atoms with E-state index < -0.39 is 12.1 Å². The van der Waals surface area contributed by atoms with Crippen LogP contribution in [0.25, 0.3) is 0 Å². The van der Waals surface area contributed by atoms with Gasteiger partial charge in [0.1, 0.15) is 0 Å². The number of carbonyl (C=O) groups is 2. The van der Waals surface area contributed by atoms with Crippen LogP contribution in [0.4, 0.5) is 4.79 Å². The summed E-state index contributed by atoms with van der Waals surface area (Å²) in [5.41, 5.74) is 2.11. The van der Waals surface area contributed by atoms with E-state index >= 15 is 0 Å². The Balaban J connectivity index is 2.02. The van der Waals surface area contributed by atoms with E-state index in [0.29, 0.717) is 26.1 Å². The van der Waals surface area contributed by atoms with E-state index in [1.807, 2.05) is 0 Å². The molecular formula is C15H20N2O4. The minimum Gasteiger partial charge on any atom is -0.478 e. The number of fused-ring (bicyclic) bond motifs is 1. The molecule has 1 aromatic rings. The fourth-order valence-corrected chi connectivity index (χ4v) is 2.38. The quantitative estimate of drug-likeness (QED) is 0.881. The van der Waals surface area contributed by atoms with Crippen molar-refractivity contribution in [2.24, 2.45) is 0 Å². The van der Waals surface area contributed by atoms with Crippen LogP contribution in [-0.2, 0) is 13.1 Å². The van der Waals surface area contributed by atoms with Gasteiger partial charge in [-0.25, -0.2) is 9.59 Å². The second-order valence-corrected chi connectivity index (χ2v) is 5.49. The average molecular weight is 292 g/mol. The van der Waals surface area contributed by atoms with Crippen LogP contribution in [-0.4, -0.2) is 51.7 Å². The molecule has 1 aliphatic rings. The van der Waals surface area contributed by atoms with Gasteiger partial charge in [-0.1, -0.05) is 6.07 Å². The number of carboxylic acid groups (broad SMARTS) is 1. The average Bonchev–Trinajstić information content (AvgIpc) is 2.86. The standard InChI is InChI=1S/C15H20N2O4/c1-10(18)5-6-16(2)15(21)17-8-12-4-3-11(14(19)20)7-13(12)9-17/h3-4,7,10,18H,5-6,8-9H2,1-2H3,(H,19,20). The van der Waals surface area contributed by atoms with Crippen LogP contribution in [0.15, 0.2) is 18.2 Å². The van der Waals surface area contributed by atoms with E-state index in [1.54, 1.807) is 42.0 Å². The van der Waals surface area contributed by atoms with Crippen LogP contribution in [0.2, 0.25) is 0 Å². The van der Waals surface area contributed by atoms with Gasteiger partial charge in [0, 0.05) is 26.7 Å². The summed E-state index contributed by atoms with van der Waals surface area (Å²) in [4.78, 5) is 26.5. The van der Waals surface area contributed by atoms with Gasteiger partial charge in [0.15, 0.2) is 0 Å². The van der Waals surface area contributed by atoms with Gasteiger partial charge < -0.3 is 20.0 Å². The third kappa shape index (κ3) is 3.52. The summed E-state index contributed by atoms with van der Waals surface area (Å²) >= 11 is 0. The zero-order chi connectivity index (χ0) is 15.6. The van der Waals surface area contributed by atoms with Gasteiger partial charge in [0.25, 0.3) is 0 Å². The molecule has 2 rings (SSSR count). The second kappa shape index (κ2) is 6.13. The van der Waals surface area contributed by atoms with Crippen molar-refractivity contribution in [1.82, 2.24) is 9.80 Å². The molecule has 0 aromatic heterocycles. The fourth-order valence-electron chi connectivity index (χ4n) is 2.38. The van der Waals surface area contributed by atoms with Gasteiger partial charge in [-0.05, 0) is 36.6 Å². The minimum atomic E-state index is -0.961. The maximum atomic E-state index is 12.3. The van der Waals surface area contributed by atoms with Gasteiger partial charge in [0.05, 0.1) is 11.7 Å². The molecule has 0 saturated heterocycles. The number of hydrogen-bond donors (Lipinski definition) is 2. The third-order valence-corrected chi connectivity index (χ3v) is 3.65. The monoisotopic (exact) mass is 292 g/mol. The Morgan fingerprint density at radius 3 is 2.62 bits per heavy atom. The number of nitrogens with zero attached hydrogens (tertiary/aromatic N) is 2. The number of aliphatic hydroxyl groups excluding tert-OH is 1. The van der Waals surface area contributed by atoms with Crippen molar-refractivity contribution in [2.45, 2.75) is 32.5 Å². The number of urea groups is 1. The molecule has 114 valence electrons. The Kier molecular flexibility index (Phi) is 4.47. The Morgan fingerprint density at radius 2 is 2.00 bits per heavy atom. The lowest BCUT2D eigenvalue weighted by atomic mass is 10.1. The molecule has 0 spiro atoms. The first-order valence-corrected chi connectivity index (χ1v) is 6.91. The van der Waals surface area contributed by atoms with Crippen molar-refractivity contribution in [3.05, 3.63) is 34.9 Å². The van der Waals surface area contributed by atoms with Gasteiger partial charge in [0.2, 0.25) is 0 Å². The van der Waals surface area contributed by atoms with Crippen LogP contribution in [0.3, 0.4) is 0 Å². The molecular weight excluding hydrogens is 272 g/mol. The topological polar surface area (TPSA) is 81.1 Å². The molecule has 2 amide bonds. The lowest BCUT2D eigenvalue weighted by Crippen LogP contribution is -2.39. The molecule has 0 radical (unpaired) electrons. The molecule has 2 N–H and O–H groups in total. The van der Waals surface area contributed by atoms with E-state index in [1.165, 1.54) is 0 Å². The first-order chi connectivity index (χ1) is 9.88. The summed E-state index contributed by atoms with van der Waals surface area (Å²) in [5.74, 6) is -0.961. The van der Waals surface area contributed by atoms with Crippen molar-refractivity contribution in [3.63, 3.8) is 0 Å². The van der Waals surface area contributed by atoms with E-state index in [-0.39, 0.29) is 11.6 Å². The van der Waals surface area contributed by atoms with Crippen LogP contribution in [0, 0.1) is 0 Å². The lowest BCUT2D eigenvalue weighted by molar-refractivity contribution is 0.0696. The first-order valence-electron chi connectivity index (χ1n) is 6.91. The van der Waals surface area contributed by atoms with E-state index in [0.717, 1.165) is 11.1 Å². The minimum absolute atomic E-state index is 0.108. The number of carbonyl (C=O) groups excluding carboxylic acids is 1. The lowest BCUT2D eigenvalue weighted by Gasteiger charge is -2.24. The van der Waals surface area contributed by atoms with Crippen molar-refractivity contribution < 1.29 is 19.8 Å². The summed E-state index contributed by atoms with van der Waals surface area (Å²) in [6.07, 6.45) is 0.0979. The number of rotatable bonds is 4. The number of hydrogen-bond acceptors (Lipinski definition) is 3. The Labute approximate surface area is 123 Å². The molecule has 1 atom stereocenters. The first kappa shape index (κ1) is 15.3. The van der Waals surface area contributed by atoms with Crippen molar-refractivity contribution in [1.29, 1.82) is 0 Å². The van der Waals surface area contributed by atoms with Crippen LogP contribution < -0.4 is 0 Å². The maximum absolute atomic E-state index is 12.3. The molecule has 1 heterocycles. The molecule has 1 aromatic carbocycles. The predicted molar refractivity (Wildman–Crippen MR) is 77.0 cm³/mol. The van der Waals surface area contributed by atoms with Crippen LogP contribution in [0.5, 0.6) is 0 Å². The highest BCUT2D eigenvalue weighted by Crippen LogP contribution is 2.24. The number of carboxylic acids is 1. The van der Waals surface area contributed by atoms with E-state index in [4.69, 9.17) is 5.11 Å². The summed E-state index contributed by atoms with van der Waals surface area (Å²) in [6, 6.07) is 4.85. The molecule has 1 unspecified atom stereocenters. The normalized spacial score (nSPS) is 14.7. The largest absolute Gasteiger partial charge is 0.478 e. The predicted octanol–water partition coefficient (Wildman–Crippen LogP) is 1.52. The van der Waals surface area contributed by atoms with Crippen molar-refractivity contribution >= 4 is 12.0 Å². The van der Waals surface area contributed by atoms with E-state index in [9.17, 15) is 14.7 Å². The molecule has 0 aliphatic carbocycles. The van der Waals surface area contributed by atoms with Gasteiger partial charge >= 0.3 is 12.0 Å². The summed E-state index contributed by atoms with van der Waals surface area (Å²) in [7, 11) is 1.70. The highest BCUT2D eigenvalue weighted by atomic mass is 16.4. The van der Waals surface area contributed by atoms with Crippen molar-refractivity contribution in [2.75, 3.05) is 13.6 Å². The molecule has 0 saturated carbocycles. The highest BCUT2D eigenvalue weighted by molar-refractivity contribution is 5.88. The Hall–Kier alpha value is -2.08. The third-order valence-electron chi connectivity index (χ3n) is 3.65. The number of benzene rings is 1. The zero-order valence-corrected chi connectivity index (χ0v) is 12.2. The van der Waals surface area contributed by atoms with Crippen molar-refractivity contribution in [3.8, 4) is 0 Å². The zero-order valence-electron chi connectivity index (χ0n) is 12.2. The molecule has 0 bridgehead atoms. The molecule has 21 heavy (non-hydrogen) atoms. The fraction of sp³-hybridized carbons (Fsp3) is 0.467. The molecule has 6 nitrogen and oxygen atoms in total. The Bertz CT molecular complexity index is 557. The summed E-state index contributed by atoms with van der Waals surface area (Å²) < 4.78 is 0. The van der Waals surface area contributed by atoms with E-state index in [2.05, 4.69) is 0 Å². The molecule has 1 aliphatic heterocycles. The SMILES string of the molecule is CC(O)CCN(C)C(=O)N1Cc2ccc(C(=O)O)cc2C1. The highest BCUT2D eigenvalue weighted by Gasteiger charge is 2.26. The number of amides is 2. The van der Waals surface area contributed by atoms with Gasteiger partial charge in [-0.2, -0.15) is 0 Å². The molecule has 6 heteroatoms. The summed E-state index contributed by atoms with van der Waals surface area (Å²) in [5, 5.41) is 18.3. The Morgan fingerprint density at radius 1 is 1.33 bits per heavy atom. The molecule has 0 fully saturated rings. The summed E-state index contributed by atoms with van der Waals surface area (Å²) in [6.45, 7) is 3.10. The smallest absolute Gasteiger partial charge is 0.335 e.